The van der Waals surface area contributed by atoms with Crippen molar-refractivity contribution in [2.75, 3.05) is 11.9 Å². The van der Waals surface area contributed by atoms with Gasteiger partial charge in [0.15, 0.2) is 0 Å². The molecule has 1 aromatic carbocycles. The topological polar surface area (TPSA) is 49.3 Å². The van der Waals surface area contributed by atoms with E-state index in [1.54, 1.807) is 13.8 Å². The van der Waals surface area contributed by atoms with Crippen LogP contribution in [-0.2, 0) is 4.79 Å². The number of aryl methyl sites for hydroxylation is 1. The molecule has 94 valence electrons. The van der Waals surface area contributed by atoms with Crippen LogP contribution in [0.5, 0.6) is 0 Å². The second-order valence-corrected chi connectivity index (χ2v) is 5.68. The zero-order valence-corrected chi connectivity index (χ0v) is 12.0. The van der Waals surface area contributed by atoms with Gasteiger partial charge in [0.1, 0.15) is 0 Å². The predicted octanol–water partition coefficient (Wildman–Crippen LogP) is 3.67. The molecule has 0 radical (unpaired) electrons. The zero-order chi connectivity index (χ0) is 13.1. The van der Waals surface area contributed by atoms with E-state index in [0.29, 0.717) is 13.0 Å². The van der Waals surface area contributed by atoms with Crippen molar-refractivity contribution in [3.05, 3.63) is 28.2 Å². The summed E-state index contributed by atoms with van der Waals surface area (Å²) in [5.41, 5.74) is 1.50. The van der Waals surface area contributed by atoms with Crippen LogP contribution >= 0.6 is 15.9 Å². The van der Waals surface area contributed by atoms with E-state index in [0.717, 1.165) is 10.2 Å². The highest BCUT2D eigenvalue weighted by Gasteiger charge is 2.26. The highest BCUT2D eigenvalue weighted by molar-refractivity contribution is 9.10. The van der Waals surface area contributed by atoms with Crippen molar-refractivity contribution in [1.29, 1.82) is 0 Å². The lowest BCUT2D eigenvalue weighted by molar-refractivity contribution is -0.147. The van der Waals surface area contributed by atoms with Crippen molar-refractivity contribution in [3.8, 4) is 0 Å². The van der Waals surface area contributed by atoms with Gasteiger partial charge >= 0.3 is 5.97 Å². The molecule has 17 heavy (non-hydrogen) atoms. The van der Waals surface area contributed by atoms with Gasteiger partial charge in [0.05, 0.1) is 5.41 Å². The van der Waals surface area contributed by atoms with Gasteiger partial charge in [0, 0.05) is 16.7 Å². The third-order valence-electron chi connectivity index (χ3n) is 2.83. The Balaban J connectivity index is 2.51. The molecule has 4 heteroatoms. The number of rotatable bonds is 5. The Morgan fingerprint density at radius 3 is 2.65 bits per heavy atom. The van der Waals surface area contributed by atoms with E-state index in [1.807, 2.05) is 25.1 Å². The number of nitrogens with one attached hydrogen (secondary N) is 1. The van der Waals surface area contributed by atoms with Gasteiger partial charge in [0.25, 0.3) is 0 Å². The molecular formula is C13H18BrNO2. The molecule has 0 unspecified atom stereocenters. The Labute approximate surface area is 110 Å². The van der Waals surface area contributed by atoms with Gasteiger partial charge in [-0.05, 0) is 44.9 Å². The van der Waals surface area contributed by atoms with Crippen LogP contribution in [0.2, 0.25) is 0 Å². The lowest BCUT2D eigenvalue weighted by atomic mass is 9.90. The van der Waals surface area contributed by atoms with E-state index in [-0.39, 0.29) is 0 Å². The molecule has 0 aliphatic carbocycles. The van der Waals surface area contributed by atoms with Gasteiger partial charge in [-0.15, -0.1) is 0 Å². The van der Waals surface area contributed by atoms with E-state index in [1.165, 1.54) is 5.56 Å². The fourth-order valence-corrected chi connectivity index (χ4v) is 1.71. The van der Waals surface area contributed by atoms with Crippen molar-refractivity contribution in [3.63, 3.8) is 0 Å². The highest BCUT2D eigenvalue weighted by atomic mass is 79.9. The Kier molecular flexibility index (Phi) is 4.57. The number of carbonyl (C=O) groups is 1. The average Bonchev–Trinajstić information content (AvgIpc) is 2.23. The van der Waals surface area contributed by atoms with Crippen LogP contribution in [0.1, 0.15) is 25.8 Å². The van der Waals surface area contributed by atoms with E-state index >= 15 is 0 Å². The summed E-state index contributed by atoms with van der Waals surface area (Å²) >= 11 is 3.47. The monoisotopic (exact) mass is 299 g/mol. The molecule has 0 fully saturated rings. The number of aliphatic carboxylic acids is 1. The van der Waals surface area contributed by atoms with Crippen LogP contribution in [-0.4, -0.2) is 17.6 Å². The zero-order valence-electron chi connectivity index (χ0n) is 10.4. The number of carboxylic acid groups (broad SMARTS) is 1. The lowest BCUT2D eigenvalue weighted by Gasteiger charge is -2.19. The minimum Gasteiger partial charge on any atom is -0.481 e. The number of halogens is 1. The maximum absolute atomic E-state index is 10.9. The minimum absolute atomic E-state index is 0.591. The Morgan fingerprint density at radius 1 is 1.47 bits per heavy atom. The number of hydrogen-bond donors (Lipinski definition) is 2. The quantitative estimate of drug-likeness (QED) is 0.872. The SMILES string of the molecule is Cc1ccc(NCCC(C)(C)C(=O)O)cc1Br. The molecule has 0 aromatic heterocycles. The fraction of sp³-hybridized carbons (Fsp3) is 0.462. The van der Waals surface area contributed by atoms with E-state index in [2.05, 4.69) is 21.2 Å². The predicted molar refractivity (Wildman–Crippen MR) is 73.4 cm³/mol. The van der Waals surface area contributed by atoms with E-state index in [4.69, 9.17) is 5.11 Å². The van der Waals surface area contributed by atoms with Crippen molar-refractivity contribution in [1.82, 2.24) is 0 Å². The molecule has 0 spiro atoms. The minimum atomic E-state index is -0.760. The molecule has 3 nitrogen and oxygen atoms in total. The van der Waals surface area contributed by atoms with Gasteiger partial charge in [-0.2, -0.15) is 0 Å². The van der Waals surface area contributed by atoms with Gasteiger partial charge in [-0.1, -0.05) is 22.0 Å². The van der Waals surface area contributed by atoms with Crippen LogP contribution < -0.4 is 5.32 Å². The first kappa shape index (κ1) is 14.0. The summed E-state index contributed by atoms with van der Waals surface area (Å²) in [5, 5.41) is 12.2. The molecule has 1 rings (SSSR count). The van der Waals surface area contributed by atoms with Gasteiger partial charge < -0.3 is 10.4 Å². The van der Waals surface area contributed by atoms with Crippen LogP contribution in [0.15, 0.2) is 22.7 Å². The Hall–Kier alpha value is -1.03. The Morgan fingerprint density at radius 2 is 2.12 bits per heavy atom. The first-order valence-electron chi connectivity index (χ1n) is 5.56. The second kappa shape index (κ2) is 5.54. The molecular weight excluding hydrogens is 282 g/mol. The van der Waals surface area contributed by atoms with Crippen molar-refractivity contribution < 1.29 is 9.90 Å². The summed E-state index contributed by atoms with van der Waals surface area (Å²) in [6.45, 7) is 6.15. The number of carboxylic acids is 1. The van der Waals surface area contributed by atoms with E-state index < -0.39 is 11.4 Å². The summed E-state index contributed by atoms with van der Waals surface area (Å²) < 4.78 is 1.06. The average molecular weight is 300 g/mol. The largest absolute Gasteiger partial charge is 0.481 e. The molecule has 0 saturated heterocycles. The summed E-state index contributed by atoms with van der Waals surface area (Å²) in [6, 6.07) is 6.02. The van der Waals surface area contributed by atoms with Crippen LogP contribution in [0.25, 0.3) is 0 Å². The third kappa shape index (κ3) is 4.04. The summed E-state index contributed by atoms with van der Waals surface area (Å²) in [4.78, 5) is 10.9. The molecule has 1 aromatic rings. The number of hydrogen-bond acceptors (Lipinski definition) is 2. The van der Waals surface area contributed by atoms with Crippen molar-refractivity contribution in [2.45, 2.75) is 27.2 Å². The molecule has 0 heterocycles. The highest BCUT2D eigenvalue weighted by Crippen LogP contribution is 2.23. The van der Waals surface area contributed by atoms with Crippen LogP contribution in [0.3, 0.4) is 0 Å². The molecule has 2 N–H and O–H groups in total. The molecule has 0 amide bonds. The molecule has 0 atom stereocenters. The summed E-state index contributed by atoms with van der Waals surface area (Å²) in [5.74, 6) is -0.760. The lowest BCUT2D eigenvalue weighted by Crippen LogP contribution is -2.26. The standard InChI is InChI=1S/C13H18BrNO2/c1-9-4-5-10(8-11(9)14)15-7-6-13(2,3)12(16)17/h4-5,8,15H,6-7H2,1-3H3,(H,16,17). The number of benzene rings is 1. The fourth-order valence-electron chi connectivity index (χ4n) is 1.33. The van der Waals surface area contributed by atoms with Crippen molar-refractivity contribution >= 4 is 27.6 Å². The second-order valence-electron chi connectivity index (χ2n) is 4.83. The van der Waals surface area contributed by atoms with Gasteiger partial charge in [0.2, 0.25) is 0 Å². The van der Waals surface area contributed by atoms with Crippen LogP contribution in [0.4, 0.5) is 5.69 Å². The maximum Gasteiger partial charge on any atom is 0.309 e. The molecule has 0 bridgehead atoms. The Bertz CT molecular complexity index is 416. The van der Waals surface area contributed by atoms with Gasteiger partial charge in [-0.3, -0.25) is 4.79 Å². The van der Waals surface area contributed by atoms with Crippen molar-refractivity contribution in [2.24, 2.45) is 5.41 Å². The normalized spacial score (nSPS) is 11.3. The molecule has 0 aliphatic rings. The molecule has 0 saturated carbocycles. The summed E-state index contributed by atoms with van der Waals surface area (Å²) in [7, 11) is 0. The third-order valence-corrected chi connectivity index (χ3v) is 3.68. The number of anilines is 1. The van der Waals surface area contributed by atoms with E-state index in [9.17, 15) is 4.79 Å². The van der Waals surface area contributed by atoms with Crippen LogP contribution in [0, 0.1) is 12.3 Å². The molecule has 0 aliphatic heterocycles. The maximum atomic E-state index is 10.9. The first-order valence-corrected chi connectivity index (χ1v) is 6.35. The van der Waals surface area contributed by atoms with Gasteiger partial charge in [-0.25, -0.2) is 0 Å². The smallest absolute Gasteiger partial charge is 0.309 e. The summed E-state index contributed by atoms with van der Waals surface area (Å²) in [6.07, 6.45) is 0.591. The first-order chi connectivity index (χ1) is 7.83.